The van der Waals surface area contributed by atoms with Crippen LogP contribution in [0.2, 0.25) is 0 Å². The van der Waals surface area contributed by atoms with Gasteiger partial charge in [0.25, 0.3) is 0 Å². The summed E-state index contributed by atoms with van der Waals surface area (Å²) in [7, 11) is 0. The summed E-state index contributed by atoms with van der Waals surface area (Å²) in [4.78, 5) is 0. The number of rotatable bonds is 11. The molecule has 0 heterocycles. The molecular weight excluding hydrogens is 328 g/mol. The van der Waals surface area contributed by atoms with E-state index < -0.39 is 0 Å². The van der Waals surface area contributed by atoms with Crippen LogP contribution in [0.5, 0.6) is 0 Å². The Morgan fingerprint density at radius 2 is 1.19 bits per heavy atom. The number of hydrogen-bond acceptors (Lipinski definition) is 2. The van der Waals surface area contributed by atoms with Gasteiger partial charge in [0.2, 0.25) is 0 Å². The van der Waals surface area contributed by atoms with Crippen LogP contribution in [0.25, 0.3) is 21.5 Å². The van der Waals surface area contributed by atoms with Crippen LogP contribution >= 0.6 is 0 Å². The van der Waals surface area contributed by atoms with Crippen molar-refractivity contribution in [2.45, 2.75) is 51.9 Å². The Morgan fingerprint density at radius 3 is 1.78 bits per heavy atom. The minimum atomic E-state index is 0.810. The summed E-state index contributed by atoms with van der Waals surface area (Å²) in [6.45, 7) is 5.32. The summed E-state index contributed by atoms with van der Waals surface area (Å²) >= 11 is 0. The van der Waals surface area contributed by atoms with E-state index in [1.807, 2.05) is 0 Å². The lowest BCUT2D eigenvalue weighted by Gasteiger charge is -2.15. The Hall–Kier alpha value is -1.90. The van der Waals surface area contributed by atoms with Gasteiger partial charge >= 0.3 is 0 Å². The molecule has 0 aliphatic heterocycles. The first-order chi connectivity index (χ1) is 13.3. The molecule has 0 aromatic heterocycles. The van der Waals surface area contributed by atoms with Crippen molar-refractivity contribution in [3.8, 4) is 0 Å². The second-order valence-corrected chi connectivity index (χ2v) is 7.60. The van der Waals surface area contributed by atoms with Gasteiger partial charge in [-0.2, -0.15) is 0 Å². The van der Waals surface area contributed by atoms with E-state index in [1.165, 1.54) is 71.2 Å². The summed E-state index contributed by atoms with van der Waals surface area (Å²) in [5.41, 5.74) is 8.46. The van der Waals surface area contributed by atoms with Gasteiger partial charge in [-0.25, -0.2) is 0 Å². The lowest BCUT2D eigenvalue weighted by molar-refractivity contribution is 0.571. The van der Waals surface area contributed by atoms with Crippen LogP contribution in [-0.2, 0) is 6.42 Å². The van der Waals surface area contributed by atoms with E-state index in [2.05, 4.69) is 60.8 Å². The number of unbranched alkanes of at least 4 members (excludes halogenated alkanes) is 4. The molecule has 0 fully saturated rings. The molecule has 2 heteroatoms. The van der Waals surface area contributed by atoms with Crippen LogP contribution in [0.15, 0.2) is 48.5 Å². The van der Waals surface area contributed by atoms with Crippen LogP contribution in [0.4, 0.5) is 0 Å². The van der Waals surface area contributed by atoms with Gasteiger partial charge in [-0.3, -0.25) is 0 Å². The van der Waals surface area contributed by atoms with Crippen LogP contribution in [0.3, 0.4) is 0 Å². The summed E-state index contributed by atoms with van der Waals surface area (Å²) in [5.74, 6) is 0. The maximum absolute atomic E-state index is 5.52. The Kier molecular flexibility index (Phi) is 7.67. The number of hydrogen-bond donors (Lipinski definition) is 2. The Balaban J connectivity index is 1.58. The normalized spacial score (nSPS) is 11.5. The number of aryl methyl sites for hydroxylation is 2. The average Bonchev–Trinajstić information content (AvgIpc) is 2.71. The summed E-state index contributed by atoms with van der Waals surface area (Å²) < 4.78 is 0. The van der Waals surface area contributed by atoms with Gasteiger partial charge in [0, 0.05) is 0 Å². The predicted octanol–water partition coefficient (Wildman–Crippen LogP) is 5.73. The molecule has 144 valence electrons. The van der Waals surface area contributed by atoms with Crippen molar-refractivity contribution < 1.29 is 0 Å². The minimum absolute atomic E-state index is 0.810. The van der Waals surface area contributed by atoms with Crippen molar-refractivity contribution in [3.05, 3.63) is 59.7 Å². The Morgan fingerprint density at radius 1 is 0.667 bits per heavy atom. The first-order valence-corrected chi connectivity index (χ1v) is 10.6. The maximum Gasteiger partial charge on any atom is -0.00484 e. The third-order valence-corrected chi connectivity index (χ3v) is 5.65. The molecule has 3 aromatic rings. The standard InChI is InChI=1S/C25H34N2/c1-20-21-12-5-7-15-23(21)25(24-16-8-6-13-22(20)24)14-4-2-3-10-18-27-19-11-9-17-26/h5-8,12-13,15-16,27H,2-4,9-11,14,17-19,26H2,1H3. The summed E-state index contributed by atoms with van der Waals surface area (Å²) in [6, 6.07) is 17.8. The fourth-order valence-corrected chi connectivity index (χ4v) is 4.13. The van der Waals surface area contributed by atoms with Crippen molar-refractivity contribution in [3.63, 3.8) is 0 Å². The highest BCUT2D eigenvalue weighted by Gasteiger charge is 2.10. The van der Waals surface area contributed by atoms with Crippen molar-refractivity contribution >= 4 is 21.5 Å². The van der Waals surface area contributed by atoms with Gasteiger partial charge in [-0.1, -0.05) is 61.4 Å². The zero-order chi connectivity index (χ0) is 18.9. The van der Waals surface area contributed by atoms with Crippen molar-refractivity contribution in [2.75, 3.05) is 19.6 Å². The van der Waals surface area contributed by atoms with E-state index in [9.17, 15) is 0 Å². The van der Waals surface area contributed by atoms with Gasteiger partial charge in [0.1, 0.15) is 0 Å². The lowest BCUT2D eigenvalue weighted by atomic mass is 9.90. The Bertz CT molecular complexity index is 796. The van der Waals surface area contributed by atoms with Crippen LogP contribution in [0, 0.1) is 6.92 Å². The maximum atomic E-state index is 5.52. The van der Waals surface area contributed by atoms with Gasteiger partial charge in [-0.15, -0.1) is 0 Å². The molecule has 0 aliphatic carbocycles. The molecule has 3 N–H and O–H groups in total. The fraction of sp³-hybridized carbons (Fsp3) is 0.440. The molecule has 2 nitrogen and oxygen atoms in total. The van der Waals surface area contributed by atoms with E-state index in [0.29, 0.717) is 0 Å². The van der Waals surface area contributed by atoms with E-state index in [-0.39, 0.29) is 0 Å². The largest absolute Gasteiger partial charge is 0.330 e. The average molecular weight is 363 g/mol. The second kappa shape index (κ2) is 10.4. The first kappa shape index (κ1) is 19.9. The highest BCUT2D eigenvalue weighted by molar-refractivity contribution is 6.05. The second-order valence-electron chi connectivity index (χ2n) is 7.60. The number of nitrogens with one attached hydrogen (secondary N) is 1. The monoisotopic (exact) mass is 362 g/mol. The highest BCUT2D eigenvalue weighted by atomic mass is 14.8. The molecule has 3 rings (SSSR count). The van der Waals surface area contributed by atoms with E-state index in [4.69, 9.17) is 5.73 Å². The minimum Gasteiger partial charge on any atom is -0.330 e. The van der Waals surface area contributed by atoms with Gasteiger partial charge in [0.15, 0.2) is 0 Å². The van der Waals surface area contributed by atoms with Gasteiger partial charge in [-0.05, 0) is 91.3 Å². The molecule has 0 unspecified atom stereocenters. The van der Waals surface area contributed by atoms with E-state index in [1.54, 1.807) is 0 Å². The van der Waals surface area contributed by atoms with Crippen LogP contribution in [-0.4, -0.2) is 19.6 Å². The van der Waals surface area contributed by atoms with Crippen LogP contribution in [0.1, 0.15) is 49.7 Å². The first-order valence-electron chi connectivity index (χ1n) is 10.6. The van der Waals surface area contributed by atoms with Crippen LogP contribution < -0.4 is 11.1 Å². The predicted molar refractivity (Wildman–Crippen MR) is 120 cm³/mol. The Labute approximate surface area is 164 Å². The molecule has 0 bridgehead atoms. The molecule has 0 saturated carbocycles. The number of nitrogens with two attached hydrogens (primary N) is 1. The van der Waals surface area contributed by atoms with Gasteiger partial charge in [0.05, 0.1) is 0 Å². The van der Waals surface area contributed by atoms with Crippen molar-refractivity contribution in [1.82, 2.24) is 5.32 Å². The molecule has 0 radical (unpaired) electrons. The molecule has 3 aromatic carbocycles. The zero-order valence-electron chi connectivity index (χ0n) is 16.8. The topological polar surface area (TPSA) is 38.0 Å². The summed E-state index contributed by atoms with van der Waals surface area (Å²) in [6.07, 6.45) is 8.66. The van der Waals surface area contributed by atoms with Crippen molar-refractivity contribution in [1.29, 1.82) is 0 Å². The number of fused-ring (bicyclic) bond motifs is 2. The fourth-order valence-electron chi connectivity index (χ4n) is 4.13. The molecule has 0 saturated heterocycles. The molecular formula is C25H34N2. The molecule has 0 aliphatic rings. The molecule has 0 amide bonds. The van der Waals surface area contributed by atoms with Gasteiger partial charge < -0.3 is 11.1 Å². The van der Waals surface area contributed by atoms with E-state index >= 15 is 0 Å². The van der Waals surface area contributed by atoms with E-state index in [0.717, 1.165) is 26.1 Å². The summed E-state index contributed by atoms with van der Waals surface area (Å²) in [5, 5.41) is 9.23. The third-order valence-electron chi connectivity index (χ3n) is 5.65. The molecule has 0 spiro atoms. The molecule has 27 heavy (non-hydrogen) atoms. The smallest absolute Gasteiger partial charge is 0.00484 e. The molecule has 0 atom stereocenters. The quantitative estimate of drug-likeness (QED) is 0.337. The highest BCUT2D eigenvalue weighted by Crippen LogP contribution is 2.33. The lowest BCUT2D eigenvalue weighted by Crippen LogP contribution is -2.17. The van der Waals surface area contributed by atoms with Crippen molar-refractivity contribution in [2.24, 2.45) is 5.73 Å². The SMILES string of the molecule is Cc1c2ccccc2c(CCCCCCNCCCCN)c2ccccc12. The number of benzene rings is 3. The third kappa shape index (κ3) is 5.09. The zero-order valence-corrected chi connectivity index (χ0v) is 16.8.